The number of hydrogen-bond acceptors (Lipinski definition) is 3. The lowest BCUT2D eigenvalue weighted by atomic mass is 9.82. The van der Waals surface area contributed by atoms with Gasteiger partial charge in [0.15, 0.2) is 0 Å². The number of unbranched alkanes of at least 4 members (excludes halogenated alkanes) is 1. The highest BCUT2D eigenvalue weighted by molar-refractivity contribution is 4.82. The quantitative estimate of drug-likeness (QED) is 0.607. The maximum Gasteiger partial charge on any atom is 0.0897 e. The Bertz CT molecular complexity index is 217. The van der Waals surface area contributed by atoms with Gasteiger partial charge in [-0.05, 0) is 31.1 Å². The molecule has 1 aliphatic carbocycles. The van der Waals surface area contributed by atoms with Gasteiger partial charge in [-0.1, -0.05) is 40.0 Å². The van der Waals surface area contributed by atoms with Crippen molar-refractivity contribution in [2.75, 3.05) is 19.8 Å². The van der Waals surface area contributed by atoms with Crippen LogP contribution in [0.5, 0.6) is 0 Å². The zero-order valence-electron chi connectivity index (χ0n) is 13.0. The lowest BCUT2D eigenvalue weighted by Gasteiger charge is -2.34. The summed E-state index contributed by atoms with van der Waals surface area (Å²) >= 11 is 0. The van der Waals surface area contributed by atoms with Crippen LogP contribution in [0.1, 0.15) is 59.3 Å². The van der Waals surface area contributed by atoms with Crippen molar-refractivity contribution < 1.29 is 9.84 Å². The molecule has 3 heteroatoms. The fraction of sp³-hybridized carbons (Fsp3) is 1.00. The molecule has 0 bridgehead atoms. The van der Waals surface area contributed by atoms with Gasteiger partial charge in [0, 0.05) is 19.2 Å². The molecular formula is C16H33NO2. The Balaban J connectivity index is 1.97. The summed E-state index contributed by atoms with van der Waals surface area (Å²) in [6.07, 6.45) is 7.11. The summed E-state index contributed by atoms with van der Waals surface area (Å²) < 4.78 is 5.66. The molecule has 0 spiro atoms. The molecule has 2 atom stereocenters. The van der Waals surface area contributed by atoms with Crippen LogP contribution in [0.2, 0.25) is 0 Å². The molecule has 1 rings (SSSR count). The first-order chi connectivity index (χ1) is 9.15. The van der Waals surface area contributed by atoms with Gasteiger partial charge >= 0.3 is 0 Å². The number of nitrogens with one attached hydrogen (secondary N) is 1. The fourth-order valence-corrected chi connectivity index (χ4v) is 2.70. The Morgan fingerprint density at radius 3 is 2.58 bits per heavy atom. The predicted molar refractivity (Wildman–Crippen MR) is 80.3 cm³/mol. The highest BCUT2D eigenvalue weighted by Gasteiger charge is 2.25. The van der Waals surface area contributed by atoms with E-state index in [2.05, 4.69) is 26.1 Å². The van der Waals surface area contributed by atoms with Gasteiger partial charge in [0.25, 0.3) is 0 Å². The predicted octanol–water partition coefficient (Wildman–Crippen LogP) is 2.97. The summed E-state index contributed by atoms with van der Waals surface area (Å²) in [6, 6.07) is 0.623. The number of aliphatic hydroxyl groups excluding tert-OH is 1. The van der Waals surface area contributed by atoms with Crippen LogP contribution in [0, 0.1) is 11.8 Å². The Kier molecular flexibility index (Phi) is 8.67. The minimum atomic E-state index is -0.361. The maximum atomic E-state index is 9.86. The first-order valence-corrected chi connectivity index (χ1v) is 8.14. The molecular weight excluding hydrogens is 238 g/mol. The summed E-state index contributed by atoms with van der Waals surface area (Å²) in [6.45, 7) is 8.66. The number of ether oxygens (including phenoxy) is 1. The highest BCUT2D eigenvalue weighted by Crippen LogP contribution is 2.25. The van der Waals surface area contributed by atoms with Crippen LogP contribution in [0.25, 0.3) is 0 Å². The van der Waals surface area contributed by atoms with Crippen LogP contribution < -0.4 is 5.32 Å². The molecule has 0 heterocycles. The first kappa shape index (κ1) is 16.9. The Morgan fingerprint density at radius 1 is 1.26 bits per heavy atom. The third-order valence-corrected chi connectivity index (χ3v) is 4.22. The number of hydrogen-bond donors (Lipinski definition) is 2. The third kappa shape index (κ3) is 7.28. The summed E-state index contributed by atoms with van der Waals surface area (Å²) in [4.78, 5) is 0. The Labute approximate surface area is 119 Å². The van der Waals surface area contributed by atoms with Gasteiger partial charge in [0.05, 0.1) is 12.7 Å². The van der Waals surface area contributed by atoms with Crippen LogP contribution in [0.4, 0.5) is 0 Å². The molecule has 0 aromatic carbocycles. The van der Waals surface area contributed by atoms with E-state index in [-0.39, 0.29) is 6.10 Å². The van der Waals surface area contributed by atoms with Crippen molar-refractivity contribution >= 4 is 0 Å². The molecule has 1 aliphatic rings. The van der Waals surface area contributed by atoms with Gasteiger partial charge in [-0.2, -0.15) is 0 Å². The second-order valence-corrected chi connectivity index (χ2v) is 6.29. The minimum Gasteiger partial charge on any atom is -0.389 e. The Hall–Kier alpha value is -0.120. The molecule has 0 amide bonds. The summed E-state index contributed by atoms with van der Waals surface area (Å²) in [5, 5.41) is 13.3. The zero-order chi connectivity index (χ0) is 14.1. The summed E-state index contributed by atoms with van der Waals surface area (Å²) in [5.41, 5.74) is 0. The van der Waals surface area contributed by atoms with Gasteiger partial charge in [-0.25, -0.2) is 0 Å². The van der Waals surface area contributed by atoms with E-state index in [9.17, 15) is 5.11 Å². The Morgan fingerprint density at radius 2 is 2.00 bits per heavy atom. The standard InChI is InChI=1S/C16H33NO2/c1-4-6-7-14(5-2)11-19-12-16(18)10-17-15-8-13(3)9-15/h13-18H,4-12H2,1-3H3. The van der Waals surface area contributed by atoms with E-state index in [1.807, 2.05) is 0 Å². The monoisotopic (exact) mass is 271 g/mol. The lowest BCUT2D eigenvalue weighted by Crippen LogP contribution is -2.44. The van der Waals surface area contributed by atoms with Crippen molar-refractivity contribution in [2.24, 2.45) is 11.8 Å². The summed E-state index contributed by atoms with van der Waals surface area (Å²) in [7, 11) is 0. The first-order valence-electron chi connectivity index (χ1n) is 8.14. The van der Waals surface area contributed by atoms with E-state index < -0.39 is 0 Å². The van der Waals surface area contributed by atoms with E-state index in [1.54, 1.807) is 0 Å². The molecule has 0 aliphatic heterocycles. The van der Waals surface area contributed by atoms with Crippen LogP contribution in [0.3, 0.4) is 0 Å². The van der Waals surface area contributed by atoms with Gasteiger partial charge < -0.3 is 15.2 Å². The van der Waals surface area contributed by atoms with Crippen molar-refractivity contribution in [1.29, 1.82) is 0 Å². The van der Waals surface area contributed by atoms with Crippen molar-refractivity contribution in [1.82, 2.24) is 5.32 Å². The van der Waals surface area contributed by atoms with Crippen LogP contribution in [0.15, 0.2) is 0 Å². The van der Waals surface area contributed by atoms with Crippen molar-refractivity contribution in [3.05, 3.63) is 0 Å². The van der Waals surface area contributed by atoms with E-state index in [1.165, 1.54) is 38.5 Å². The van der Waals surface area contributed by atoms with Gasteiger partial charge in [0.1, 0.15) is 0 Å². The zero-order valence-corrected chi connectivity index (χ0v) is 13.0. The SMILES string of the molecule is CCCCC(CC)COCC(O)CNC1CC(C)C1. The molecule has 0 saturated heterocycles. The van der Waals surface area contributed by atoms with E-state index in [4.69, 9.17) is 4.74 Å². The van der Waals surface area contributed by atoms with Crippen molar-refractivity contribution in [3.63, 3.8) is 0 Å². The van der Waals surface area contributed by atoms with Gasteiger partial charge in [0.2, 0.25) is 0 Å². The van der Waals surface area contributed by atoms with E-state index >= 15 is 0 Å². The molecule has 1 fully saturated rings. The lowest BCUT2D eigenvalue weighted by molar-refractivity contribution is 0.0162. The molecule has 0 aromatic rings. The molecule has 0 aromatic heterocycles. The largest absolute Gasteiger partial charge is 0.389 e. The molecule has 1 saturated carbocycles. The molecule has 0 radical (unpaired) electrons. The fourth-order valence-electron chi connectivity index (χ4n) is 2.70. The topological polar surface area (TPSA) is 41.5 Å². The van der Waals surface area contributed by atoms with E-state index in [0.29, 0.717) is 25.1 Å². The van der Waals surface area contributed by atoms with Crippen molar-refractivity contribution in [3.8, 4) is 0 Å². The maximum absolute atomic E-state index is 9.86. The summed E-state index contributed by atoms with van der Waals surface area (Å²) in [5.74, 6) is 1.52. The van der Waals surface area contributed by atoms with Gasteiger partial charge in [-0.3, -0.25) is 0 Å². The van der Waals surface area contributed by atoms with E-state index in [0.717, 1.165) is 12.5 Å². The molecule has 2 unspecified atom stereocenters. The second kappa shape index (κ2) is 9.73. The average Bonchev–Trinajstić information content (AvgIpc) is 2.37. The third-order valence-electron chi connectivity index (χ3n) is 4.22. The minimum absolute atomic E-state index is 0.361. The average molecular weight is 271 g/mol. The highest BCUT2D eigenvalue weighted by atomic mass is 16.5. The van der Waals surface area contributed by atoms with Crippen LogP contribution in [-0.4, -0.2) is 37.0 Å². The number of rotatable bonds is 11. The molecule has 19 heavy (non-hydrogen) atoms. The van der Waals surface area contributed by atoms with Crippen LogP contribution >= 0.6 is 0 Å². The van der Waals surface area contributed by atoms with Crippen molar-refractivity contribution in [2.45, 2.75) is 71.4 Å². The second-order valence-electron chi connectivity index (χ2n) is 6.29. The molecule has 3 nitrogen and oxygen atoms in total. The number of aliphatic hydroxyl groups is 1. The molecule has 2 N–H and O–H groups in total. The van der Waals surface area contributed by atoms with Gasteiger partial charge in [-0.15, -0.1) is 0 Å². The van der Waals surface area contributed by atoms with Crippen LogP contribution in [-0.2, 0) is 4.74 Å². The molecule has 114 valence electrons. The normalized spacial score (nSPS) is 25.9. The smallest absolute Gasteiger partial charge is 0.0897 e.